The number of hydrogen-bond donors (Lipinski definition) is 0. The van der Waals surface area contributed by atoms with Gasteiger partial charge in [-0.15, -0.1) is 10.2 Å². The van der Waals surface area contributed by atoms with E-state index in [2.05, 4.69) is 31.0 Å². The molecule has 1 aliphatic rings. The smallest absolute Gasteiger partial charge is 0.252 e. The summed E-state index contributed by atoms with van der Waals surface area (Å²) in [5, 5.41) is 10.5. The summed E-state index contributed by atoms with van der Waals surface area (Å²) in [5.41, 5.74) is 1.83. The van der Waals surface area contributed by atoms with Gasteiger partial charge in [0.05, 0.1) is 5.75 Å². The molecule has 32 heavy (non-hydrogen) atoms. The van der Waals surface area contributed by atoms with Gasteiger partial charge in [-0.2, -0.15) is 0 Å². The van der Waals surface area contributed by atoms with Gasteiger partial charge in [0.25, 0.3) is 5.91 Å². The van der Waals surface area contributed by atoms with E-state index in [0.717, 1.165) is 0 Å². The molecule has 2 heterocycles. The van der Waals surface area contributed by atoms with E-state index in [-0.39, 0.29) is 29.5 Å². The molecule has 1 aliphatic heterocycles. The molecule has 0 aliphatic carbocycles. The normalized spacial score (nSPS) is 14.8. The Balaban J connectivity index is 1.56. The zero-order chi connectivity index (χ0) is 22.9. The molecule has 1 amide bonds. The molecule has 0 N–H and O–H groups in total. The number of benzene rings is 2. The third kappa shape index (κ3) is 4.41. The van der Waals surface area contributed by atoms with Crippen molar-refractivity contribution >= 4 is 23.5 Å². The van der Waals surface area contributed by atoms with Crippen molar-refractivity contribution in [2.75, 3.05) is 10.8 Å². The van der Waals surface area contributed by atoms with Crippen LogP contribution in [0.1, 0.15) is 49.4 Å². The summed E-state index contributed by atoms with van der Waals surface area (Å²) in [6.07, 6.45) is 0. The topological polar surface area (TPSA) is 77.3 Å². The van der Waals surface area contributed by atoms with Crippen molar-refractivity contribution in [2.45, 2.75) is 50.9 Å². The molecule has 166 valence electrons. The lowest BCUT2D eigenvalue weighted by molar-refractivity contribution is -0.118. The summed E-state index contributed by atoms with van der Waals surface area (Å²) in [7, 11) is 0. The highest BCUT2D eigenvalue weighted by molar-refractivity contribution is 7.99. The van der Waals surface area contributed by atoms with Gasteiger partial charge in [-0.1, -0.05) is 75.0 Å². The fourth-order valence-corrected chi connectivity index (χ4v) is 4.34. The lowest BCUT2D eigenvalue weighted by Crippen LogP contribution is -2.54. The zero-order valence-electron chi connectivity index (χ0n) is 18.6. The monoisotopic (exact) mass is 450 g/mol. The van der Waals surface area contributed by atoms with Crippen LogP contribution in [-0.4, -0.2) is 38.4 Å². The van der Waals surface area contributed by atoms with Crippen LogP contribution in [0.15, 0.2) is 59.8 Å². The molecule has 0 radical (unpaired) electrons. The molecule has 0 bridgehead atoms. The van der Waals surface area contributed by atoms with Gasteiger partial charge in [0.15, 0.2) is 11.6 Å². The number of Topliss-reactive ketones (excluding diaryl/α,β-unsaturated/α-hetero) is 1. The number of ketones is 1. The van der Waals surface area contributed by atoms with Crippen molar-refractivity contribution in [1.29, 1.82) is 0 Å². The van der Waals surface area contributed by atoms with Crippen molar-refractivity contribution in [1.82, 2.24) is 14.9 Å². The summed E-state index contributed by atoms with van der Waals surface area (Å²) >= 11 is 1.30. The Bertz CT molecular complexity index is 1120. The summed E-state index contributed by atoms with van der Waals surface area (Å²) in [5.74, 6) is 1.06. The summed E-state index contributed by atoms with van der Waals surface area (Å²) in [6.45, 7) is 8.33. The van der Waals surface area contributed by atoms with E-state index in [0.29, 0.717) is 22.3 Å². The van der Waals surface area contributed by atoms with Crippen molar-refractivity contribution in [3.8, 4) is 5.75 Å². The van der Waals surface area contributed by atoms with E-state index >= 15 is 0 Å². The van der Waals surface area contributed by atoms with Crippen LogP contribution in [0.3, 0.4) is 0 Å². The number of hydrogen-bond acceptors (Lipinski definition) is 6. The maximum Gasteiger partial charge on any atom is 0.252 e. The van der Waals surface area contributed by atoms with Crippen molar-refractivity contribution < 1.29 is 14.3 Å². The van der Waals surface area contributed by atoms with Crippen LogP contribution >= 0.6 is 11.8 Å². The molecule has 1 aromatic heterocycles. The molecule has 0 saturated carbocycles. The van der Waals surface area contributed by atoms with Gasteiger partial charge < -0.3 is 4.74 Å². The van der Waals surface area contributed by atoms with Crippen LogP contribution in [0.2, 0.25) is 0 Å². The fraction of sp³-hybridized carbons (Fsp3) is 0.333. The second-order valence-electron chi connectivity index (χ2n) is 8.71. The van der Waals surface area contributed by atoms with Crippen LogP contribution in [-0.2, 0) is 16.8 Å². The Labute approximate surface area is 191 Å². The molecule has 0 saturated heterocycles. The molecular formula is C24H26N4O3S. The van der Waals surface area contributed by atoms with Crippen LogP contribution in [0, 0.1) is 0 Å². The van der Waals surface area contributed by atoms with E-state index < -0.39 is 6.04 Å². The fourth-order valence-electron chi connectivity index (χ4n) is 3.54. The van der Waals surface area contributed by atoms with Crippen molar-refractivity contribution in [3.63, 3.8) is 0 Å². The molecule has 0 fully saturated rings. The van der Waals surface area contributed by atoms with E-state index in [9.17, 15) is 9.59 Å². The van der Waals surface area contributed by atoms with Crippen LogP contribution < -0.4 is 9.75 Å². The Morgan fingerprint density at radius 1 is 1.09 bits per heavy atom. The average Bonchev–Trinajstić information content (AvgIpc) is 3.20. The number of ether oxygens (including phenoxy) is 1. The number of nitrogens with zero attached hydrogens (tertiary/aromatic N) is 4. The van der Waals surface area contributed by atoms with Gasteiger partial charge in [-0.05, 0) is 30.0 Å². The predicted octanol–water partition coefficient (Wildman–Crippen LogP) is 4.00. The minimum absolute atomic E-state index is 0.0596. The van der Waals surface area contributed by atoms with Crippen LogP contribution in [0.4, 0.5) is 0 Å². The Kier molecular flexibility index (Phi) is 6.06. The minimum Gasteiger partial charge on any atom is -0.486 e. The van der Waals surface area contributed by atoms with Crippen LogP contribution in [0.5, 0.6) is 5.75 Å². The largest absolute Gasteiger partial charge is 0.486 e. The third-order valence-electron chi connectivity index (χ3n) is 5.37. The van der Waals surface area contributed by atoms with Gasteiger partial charge >= 0.3 is 0 Å². The summed E-state index contributed by atoms with van der Waals surface area (Å²) in [6, 6.07) is 16.2. The third-order valence-corrected chi connectivity index (χ3v) is 6.27. The van der Waals surface area contributed by atoms with E-state index in [1.165, 1.54) is 22.3 Å². The number of carbonyl (C=O) groups is 2. The minimum atomic E-state index is -0.703. The molecule has 3 aromatic rings. The van der Waals surface area contributed by atoms with E-state index in [4.69, 9.17) is 4.74 Å². The van der Waals surface area contributed by atoms with Gasteiger partial charge in [0, 0.05) is 5.56 Å². The Hall–Kier alpha value is -3.13. The highest BCUT2D eigenvalue weighted by Gasteiger charge is 2.35. The molecule has 1 atom stereocenters. The zero-order valence-corrected chi connectivity index (χ0v) is 19.4. The first kappa shape index (κ1) is 22.1. The molecule has 7 nitrogen and oxygen atoms in total. The van der Waals surface area contributed by atoms with Gasteiger partial charge in [-0.3, -0.25) is 9.59 Å². The maximum absolute atomic E-state index is 13.0. The molecule has 2 aromatic carbocycles. The lowest BCUT2D eigenvalue weighted by Gasteiger charge is -2.33. The summed E-state index contributed by atoms with van der Waals surface area (Å²) in [4.78, 5) is 25.9. The molecule has 0 spiro atoms. The highest BCUT2D eigenvalue weighted by atomic mass is 32.2. The number of aromatic nitrogens is 3. The summed E-state index contributed by atoms with van der Waals surface area (Å²) < 4.78 is 7.55. The van der Waals surface area contributed by atoms with Crippen molar-refractivity contribution in [3.05, 3.63) is 71.5 Å². The second-order valence-corrected chi connectivity index (χ2v) is 9.65. The first-order valence-corrected chi connectivity index (χ1v) is 11.5. The Morgan fingerprint density at radius 3 is 2.44 bits per heavy atom. The first-order chi connectivity index (χ1) is 15.3. The second kappa shape index (κ2) is 8.78. The number of fused-ring (bicyclic) bond motifs is 1. The SMILES string of the molecule is C[C@@H](C(=O)c1ccccc1)N1C(=O)CSc2nnc(COc3ccc(C(C)(C)C)cc3)n21. The lowest BCUT2D eigenvalue weighted by atomic mass is 9.87. The molecule has 0 unspecified atom stereocenters. The number of thioether (sulfide) groups is 1. The van der Waals surface area contributed by atoms with Crippen molar-refractivity contribution in [2.24, 2.45) is 0 Å². The molecule has 8 heteroatoms. The van der Waals surface area contributed by atoms with E-state index in [1.807, 2.05) is 42.5 Å². The standard InChI is InChI=1S/C24H26N4O3S/c1-16(22(30)17-8-6-5-7-9-17)27-21(29)15-32-23-26-25-20(28(23)27)14-31-19-12-10-18(11-13-19)24(2,3)4/h5-13,16H,14-15H2,1-4H3/t16-/m0/s1. The molecular weight excluding hydrogens is 424 g/mol. The Morgan fingerprint density at radius 2 is 1.78 bits per heavy atom. The van der Waals surface area contributed by atoms with Gasteiger partial charge in [0.2, 0.25) is 5.16 Å². The highest BCUT2D eigenvalue weighted by Crippen LogP contribution is 2.27. The van der Waals surface area contributed by atoms with Gasteiger partial charge in [0.1, 0.15) is 18.4 Å². The predicted molar refractivity (Wildman–Crippen MR) is 124 cm³/mol. The number of amides is 1. The molecule has 4 rings (SSSR count). The quantitative estimate of drug-likeness (QED) is 0.529. The van der Waals surface area contributed by atoms with E-state index in [1.54, 1.807) is 23.7 Å². The van der Waals surface area contributed by atoms with Crippen LogP contribution in [0.25, 0.3) is 0 Å². The average molecular weight is 451 g/mol. The number of carbonyl (C=O) groups excluding carboxylic acids is 2. The maximum atomic E-state index is 13.0. The van der Waals surface area contributed by atoms with Gasteiger partial charge in [-0.25, -0.2) is 9.69 Å². The number of rotatable bonds is 6. The first-order valence-electron chi connectivity index (χ1n) is 10.5.